The summed E-state index contributed by atoms with van der Waals surface area (Å²) in [5.74, 6) is 5.26. The average Bonchev–Trinajstić information content (AvgIpc) is 3.15. The highest BCUT2D eigenvalue weighted by Gasteiger charge is 2.60. The van der Waals surface area contributed by atoms with Crippen LogP contribution in [-0.2, 0) is 0 Å². The third-order valence-electron chi connectivity index (χ3n) is 11.3. The van der Waals surface area contributed by atoms with E-state index in [-0.39, 0.29) is 5.41 Å². The highest BCUT2D eigenvalue weighted by atomic mass is 16.4. The smallest absolute Gasteiger partial charge is 0.0836 e. The molecule has 0 bridgehead atoms. The van der Waals surface area contributed by atoms with Crippen LogP contribution in [0.25, 0.3) is 0 Å². The fraction of sp³-hybridized carbons (Fsp3) is 0.862. The van der Waals surface area contributed by atoms with Gasteiger partial charge in [0.15, 0.2) is 0 Å². The lowest BCUT2D eigenvalue weighted by Crippen LogP contribution is -2.53. The summed E-state index contributed by atoms with van der Waals surface area (Å²) in [6.45, 7) is 14.7. The SMILES string of the molecule is CC[C@H](CC[C@@H](C)[C@H]1CC[C@H]2[C@@H]3C/C(=N/O)C4=C/C(=N\O)CC[C@]4(C)[C@H]3CC[C@]12C)C(C)C. The zero-order chi connectivity index (χ0) is 24.0. The first kappa shape index (κ1) is 24.8. The van der Waals surface area contributed by atoms with E-state index in [0.717, 1.165) is 65.8 Å². The van der Waals surface area contributed by atoms with Gasteiger partial charge in [0.05, 0.1) is 11.4 Å². The topological polar surface area (TPSA) is 65.2 Å². The summed E-state index contributed by atoms with van der Waals surface area (Å²) >= 11 is 0. The normalized spacial score (nSPS) is 42.6. The van der Waals surface area contributed by atoms with Crippen LogP contribution in [0.5, 0.6) is 0 Å². The minimum atomic E-state index is 0.0370. The van der Waals surface area contributed by atoms with Crippen molar-refractivity contribution in [3.05, 3.63) is 11.6 Å². The van der Waals surface area contributed by atoms with Gasteiger partial charge in [0, 0.05) is 0 Å². The highest BCUT2D eigenvalue weighted by molar-refractivity contribution is 6.09. The largest absolute Gasteiger partial charge is 0.411 e. The second-order valence-electron chi connectivity index (χ2n) is 12.9. The Balaban J connectivity index is 1.55. The van der Waals surface area contributed by atoms with Crippen LogP contribution in [0.15, 0.2) is 22.0 Å². The molecule has 186 valence electrons. The van der Waals surface area contributed by atoms with Gasteiger partial charge >= 0.3 is 0 Å². The molecule has 4 aliphatic rings. The second-order valence-corrected chi connectivity index (χ2v) is 12.9. The summed E-state index contributed by atoms with van der Waals surface area (Å²) in [5.41, 5.74) is 3.17. The fourth-order valence-electron chi connectivity index (χ4n) is 9.26. The number of nitrogens with zero attached hydrogens (tertiary/aromatic N) is 2. The monoisotopic (exact) mass is 456 g/mol. The Labute approximate surface area is 202 Å². The number of allylic oxidation sites excluding steroid dienone is 2. The quantitative estimate of drug-likeness (QED) is 0.315. The Kier molecular flexibility index (Phi) is 7.05. The summed E-state index contributed by atoms with van der Waals surface area (Å²) in [6, 6.07) is 0. The molecule has 0 spiro atoms. The highest BCUT2D eigenvalue weighted by Crippen LogP contribution is 2.67. The molecule has 0 amide bonds. The zero-order valence-electron chi connectivity index (χ0n) is 22.0. The van der Waals surface area contributed by atoms with Crippen molar-refractivity contribution in [1.29, 1.82) is 0 Å². The van der Waals surface area contributed by atoms with Gasteiger partial charge in [-0.1, -0.05) is 64.7 Å². The predicted molar refractivity (Wildman–Crippen MR) is 136 cm³/mol. The Morgan fingerprint density at radius 3 is 2.39 bits per heavy atom. The fourth-order valence-corrected chi connectivity index (χ4v) is 9.26. The van der Waals surface area contributed by atoms with Crippen LogP contribution >= 0.6 is 0 Å². The maximum absolute atomic E-state index is 9.97. The van der Waals surface area contributed by atoms with Crippen molar-refractivity contribution in [2.75, 3.05) is 0 Å². The van der Waals surface area contributed by atoms with Gasteiger partial charge in [-0.2, -0.15) is 0 Å². The number of rotatable bonds is 6. The van der Waals surface area contributed by atoms with E-state index >= 15 is 0 Å². The first-order chi connectivity index (χ1) is 15.7. The van der Waals surface area contributed by atoms with E-state index in [4.69, 9.17) is 0 Å². The molecule has 0 radical (unpaired) electrons. The van der Waals surface area contributed by atoms with E-state index < -0.39 is 0 Å². The van der Waals surface area contributed by atoms with Crippen molar-refractivity contribution in [2.24, 2.45) is 62.6 Å². The number of hydrogen-bond donors (Lipinski definition) is 2. The van der Waals surface area contributed by atoms with Gasteiger partial charge in [-0.05, 0) is 115 Å². The molecular formula is C29H48N2O2. The van der Waals surface area contributed by atoms with Crippen LogP contribution in [0.1, 0.15) is 106 Å². The van der Waals surface area contributed by atoms with E-state index in [1.807, 2.05) is 6.08 Å². The van der Waals surface area contributed by atoms with E-state index in [1.54, 1.807) is 0 Å². The van der Waals surface area contributed by atoms with Crippen LogP contribution < -0.4 is 0 Å². The molecule has 0 aliphatic heterocycles. The molecule has 4 rings (SSSR count). The van der Waals surface area contributed by atoms with Gasteiger partial charge in [-0.3, -0.25) is 0 Å². The number of oxime groups is 2. The maximum atomic E-state index is 9.97. The third-order valence-corrected chi connectivity index (χ3v) is 11.3. The van der Waals surface area contributed by atoms with E-state index in [2.05, 4.69) is 51.9 Å². The summed E-state index contributed by atoms with van der Waals surface area (Å²) < 4.78 is 0. The van der Waals surface area contributed by atoms with Crippen molar-refractivity contribution in [1.82, 2.24) is 0 Å². The van der Waals surface area contributed by atoms with Crippen LogP contribution in [0.3, 0.4) is 0 Å². The molecule has 3 saturated carbocycles. The summed E-state index contributed by atoms with van der Waals surface area (Å²) in [5, 5.41) is 26.6. The van der Waals surface area contributed by atoms with Crippen LogP contribution in [0.2, 0.25) is 0 Å². The minimum Gasteiger partial charge on any atom is -0.411 e. The van der Waals surface area contributed by atoms with E-state index in [9.17, 15) is 10.4 Å². The molecule has 4 nitrogen and oxygen atoms in total. The molecule has 0 heterocycles. The van der Waals surface area contributed by atoms with Crippen molar-refractivity contribution < 1.29 is 10.4 Å². The van der Waals surface area contributed by atoms with Crippen molar-refractivity contribution in [3.8, 4) is 0 Å². The molecule has 0 aromatic rings. The van der Waals surface area contributed by atoms with Gasteiger partial charge in [-0.25, -0.2) is 0 Å². The lowest BCUT2D eigenvalue weighted by atomic mass is 9.46. The first-order valence-corrected chi connectivity index (χ1v) is 13.8. The van der Waals surface area contributed by atoms with Gasteiger partial charge in [0.2, 0.25) is 0 Å². The molecule has 2 N–H and O–H groups in total. The molecule has 3 fully saturated rings. The lowest BCUT2D eigenvalue weighted by molar-refractivity contribution is -0.0430. The standard InChI is InChI=1S/C29H48N2O2/c1-7-20(18(2)3)9-8-19(4)23-10-11-24-22-17-27(31-33)26-16-21(30-32)12-14-29(26,6)25(22)13-15-28(23,24)5/h16,18-20,22-25,32-33H,7-15,17H2,1-6H3/b30-21-,31-27-/t19-,20-,22+,23-,24+,25+,28-,29-/m1/s1. The second kappa shape index (κ2) is 9.38. The lowest BCUT2D eigenvalue weighted by Gasteiger charge is -2.58. The number of fused-ring (bicyclic) bond motifs is 5. The molecule has 0 aromatic carbocycles. The molecular weight excluding hydrogens is 408 g/mol. The Bertz CT molecular complexity index is 814. The molecule has 0 aromatic heterocycles. The van der Waals surface area contributed by atoms with Gasteiger partial charge in [0.1, 0.15) is 0 Å². The Morgan fingerprint density at radius 1 is 1.00 bits per heavy atom. The van der Waals surface area contributed by atoms with Crippen molar-refractivity contribution >= 4 is 11.4 Å². The van der Waals surface area contributed by atoms with E-state index in [1.165, 1.54) is 44.9 Å². The third kappa shape index (κ3) is 4.08. The number of hydrogen-bond acceptors (Lipinski definition) is 4. The first-order valence-electron chi connectivity index (χ1n) is 13.8. The Hall–Kier alpha value is -1.32. The van der Waals surface area contributed by atoms with Crippen LogP contribution in [0, 0.1) is 52.3 Å². The van der Waals surface area contributed by atoms with E-state index in [0.29, 0.717) is 17.3 Å². The van der Waals surface area contributed by atoms with Gasteiger partial charge in [0.25, 0.3) is 0 Å². The van der Waals surface area contributed by atoms with Gasteiger partial charge < -0.3 is 10.4 Å². The maximum Gasteiger partial charge on any atom is 0.0836 e. The van der Waals surface area contributed by atoms with Gasteiger partial charge in [-0.15, -0.1) is 0 Å². The predicted octanol–water partition coefficient (Wildman–Crippen LogP) is 7.93. The minimum absolute atomic E-state index is 0.0370. The zero-order valence-corrected chi connectivity index (χ0v) is 22.0. The van der Waals surface area contributed by atoms with Crippen molar-refractivity contribution in [2.45, 2.75) is 106 Å². The average molecular weight is 457 g/mol. The molecule has 33 heavy (non-hydrogen) atoms. The molecule has 0 unspecified atom stereocenters. The summed E-state index contributed by atoms with van der Waals surface area (Å²) in [4.78, 5) is 0. The van der Waals surface area contributed by atoms with Crippen LogP contribution in [0.4, 0.5) is 0 Å². The summed E-state index contributed by atoms with van der Waals surface area (Å²) in [7, 11) is 0. The van der Waals surface area contributed by atoms with Crippen LogP contribution in [-0.4, -0.2) is 21.8 Å². The molecule has 0 saturated heterocycles. The molecule has 4 heteroatoms. The Morgan fingerprint density at radius 2 is 1.76 bits per heavy atom. The molecule has 4 aliphatic carbocycles. The summed E-state index contributed by atoms with van der Waals surface area (Å²) in [6.07, 6.45) is 14.1. The van der Waals surface area contributed by atoms with Crippen molar-refractivity contribution in [3.63, 3.8) is 0 Å². The molecule has 8 atom stereocenters.